The molecule has 9 heavy (non-hydrogen) atoms. The van der Waals surface area contributed by atoms with Gasteiger partial charge in [0.05, 0.1) is 0 Å². The predicted octanol–water partition coefficient (Wildman–Crippen LogP) is 2.57. The zero-order chi connectivity index (χ0) is 5.98. The zero-order valence-corrected chi connectivity index (χ0v) is 7.37. The number of hydrogen-bond donors (Lipinski definition) is 0. The molecule has 0 amide bonds. The average molecular weight is 208 g/mol. The first kappa shape index (κ1) is 8.92. The second-order valence-corrected chi connectivity index (χ2v) is 2.48. The van der Waals surface area contributed by atoms with Crippen LogP contribution < -0.4 is 0 Å². The van der Waals surface area contributed by atoms with E-state index in [0.29, 0.717) is 0 Å². The summed E-state index contributed by atoms with van der Waals surface area (Å²) < 4.78 is 1.12. The van der Waals surface area contributed by atoms with E-state index in [4.69, 9.17) is 0 Å². The third kappa shape index (κ3) is 2.33. The van der Waals surface area contributed by atoms with Crippen LogP contribution in [0.4, 0.5) is 0 Å². The minimum atomic E-state index is 0. The maximum Gasteiger partial charge on any atom is 0.0308 e. The Kier molecular flexibility index (Phi) is 3.82. The third-order valence-corrected chi connectivity index (χ3v) is 1.84. The van der Waals surface area contributed by atoms with Gasteiger partial charge in [0, 0.05) is 16.9 Å². The summed E-state index contributed by atoms with van der Waals surface area (Å²) >= 11 is 3.36. The molecule has 1 aromatic rings. The van der Waals surface area contributed by atoms with Crippen molar-refractivity contribution in [1.82, 2.24) is 4.98 Å². The largest absolute Gasteiger partial charge is 0.264 e. The maximum atomic E-state index is 3.92. The van der Waals surface area contributed by atoms with Gasteiger partial charge in [0.25, 0.3) is 0 Å². The van der Waals surface area contributed by atoms with E-state index in [9.17, 15) is 0 Å². The van der Waals surface area contributed by atoms with E-state index in [1.165, 1.54) is 5.56 Å². The van der Waals surface area contributed by atoms with E-state index >= 15 is 0 Å². The van der Waals surface area contributed by atoms with E-state index in [2.05, 4.69) is 20.9 Å². The van der Waals surface area contributed by atoms with Crippen LogP contribution >= 0.6 is 28.3 Å². The van der Waals surface area contributed by atoms with Crippen molar-refractivity contribution in [3.05, 3.63) is 28.5 Å². The highest BCUT2D eigenvalue weighted by atomic mass is 79.9. The molecule has 0 fully saturated rings. The van der Waals surface area contributed by atoms with E-state index in [-0.39, 0.29) is 12.4 Å². The first-order chi connectivity index (χ1) is 3.80. The lowest BCUT2D eigenvalue weighted by molar-refractivity contribution is 1.25. The fourth-order valence-corrected chi connectivity index (χ4v) is 0.677. The standard InChI is InChI=1S/C6H6BrN.ClH/c1-5-4-8-3-2-6(5)7;/h2-4H,1H3;1H. The Balaban J connectivity index is 0.000000640. The first-order valence-corrected chi connectivity index (χ1v) is 3.16. The van der Waals surface area contributed by atoms with Crippen molar-refractivity contribution in [2.75, 3.05) is 0 Å². The highest BCUT2D eigenvalue weighted by molar-refractivity contribution is 9.10. The highest BCUT2D eigenvalue weighted by Crippen LogP contribution is 2.11. The summed E-state index contributed by atoms with van der Waals surface area (Å²) in [6.45, 7) is 2.01. The molecule has 0 aliphatic carbocycles. The van der Waals surface area contributed by atoms with Crippen LogP contribution in [0.5, 0.6) is 0 Å². The van der Waals surface area contributed by atoms with Crippen LogP contribution in [0.25, 0.3) is 0 Å². The molecule has 0 radical (unpaired) electrons. The van der Waals surface area contributed by atoms with Gasteiger partial charge in [-0.2, -0.15) is 0 Å². The lowest BCUT2D eigenvalue weighted by atomic mass is 10.3. The van der Waals surface area contributed by atoms with Gasteiger partial charge in [-0.15, -0.1) is 12.4 Å². The molecule has 0 saturated carbocycles. The SMILES string of the molecule is Cc1cnccc1Br.Cl. The molecule has 0 aliphatic heterocycles. The first-order valence-electron chi connectivity index (χ1n) is 2.37. The monoisotopic (exact) mass is 207 g/mol. The molecule has 1 aromatic heterocycles. The van der Waals surface area contributed by atoms with Crippen LogP contribution in [0.15, 0.2) is 22.9 Å². The Bertz CT molecular complexity index is 169. The van der Waals surface area contributed by atoms with Gasteiger partial charge in [-0.25, -0.2) is 0 Å². The van der Waals surface area contributed by atoms with Crippen molar-refractivity contribution in [2.45, 2.75) is 6.92 Å². The molecule has 0 N–H and O–H groups in total. The van der Waals surface area contributed by atoms with Crippen LogP contribution in [0.1, 0.15) is 5.56 Å². The van der Waals surface area contributed by atoms with Gasteiger partial charge < -0.3 is 0 Å². The Morgan fingerprint density at radius 3 is 2.56 bits per heavy atom. The van der Waals surface area contributed by atoms with Crippen molar-refractivity contribution < 1.29 is 0 Å². The predicted molar refractivity (Wildman–Crippen MR) is 43.9 cm³/mol. The summed E-state index contributed by atoms with van der Waals surface area (Å²) in [6, 6.07) is 1.93. The summed E-state index contributed by atoms with van der Waals surface area (Å²) in [4.78, 5) is 3.92. The Morgan fingerprint density at radius 1 is 1.56 bits per heavy atom. The molecule has 0 spiro atoms. The molecule has 0 bridgehead atoms. The Hall–Kier alpha value is -0.0800. The van der Waals surface area contributed by atoms with Crippen LogP contribution in [-0.2, 0) is 0 Å². The lowest BCUT2D eigenvalue weighted by Crippen LogP contribution is -1.74. The number of rotatable bonds is 0. The zero-order valence-electron chi connectivity index (χ0n) is 4.97. The molecule has 1 nitrogen and oxygen atoms in total. The minimum absolute atomic E-state index is 0. The molecule has 50 valence electrons. The van der Waals surface area contributed by atoms with Crippen molar-refractivity contribution in [3.63, 3.8) is 0 Å². The fraction of sp³-hybridized carbons (Fsp3) is 0.167. The lowest BCUT2D eigenvalue weighted by Gasteiger charge is -1.90. The highest BCUT2D eigenvalue weighted by Gasteiger charge is 1.87. The molecular weight excluding hydrogens is 201 g/mol. The number of pyridine rings is 1. The van der Waals surface area contributed by atoms with E-state index in [0.717, 1.165) is 4.47 Å². The Morgan fingerprint density at radius 2 is 2.22 bits per heavy atom. The van der Waals surface area contributed by atoms with Gasteiger partial charge in [-0.05, 0) is 18.6 Å². The molecule has 3 heteroatoms. The number of nitrogens with zero attached hydrogens (tertiary/aromatic N) is 1. The van der Waals surface area contributed by atoms with Crippen LogP contribution in [-0.4, -0.2) is 4.98 Å². The van der Waals surface area contributed by atoms with Gasteiger partial charge in [0.15, 0.2) is 0 Å². The summed E-state index contributed by atoms with van der Waals surface area (Å²) in [5, 5.41) is 0. The molecule has 0 aromatic carbocycles. The van der Waals surface area contributed by atoms with Crippen LogP contribution in [0.3, 0.4) is 0 Å². The Labute approximate surface area is 69.0 Å². The molecule has 1 heterocycles. The second kappa shape index (κ2) is 3.85. The summed E-state index contributed by atoms with van der Waals surface area (Å²) in [5.41, 5.74) is 1.17. The summed E-state index contributed by atoms with van der Waals surface area (Å²) in [5.74, 6) is 0. The van der Waals surface area contributed by atoms with Crippen molar-refractivity contribution in [2.24, 2.45) is 0 Å². The van der Waals surface area contributed by atoms with E-state index < -0.39 is 0 Å². The third-order valence-electron chi connectivity index (χ3n) is 0.952. The average Bonchev–Trinajstić information content (AvgIpc) is 1.77. The quantitative estimate of drug-likeness (QED) is 0.639. The number of hydrogen-bond acceptors (Lipinski definition) is 1. The summed E-state index contributed by atoms with van der Waals surface area (Å²) in [6.07, 6.45) is 3.58. The van der Waals surface area contributed by atoms with Gasteiger partial charge in [-0.3, -0.25) is 4.98 Å². The van der Waals surface area contributed by atoms with Crippen molar-refractivity contribution >= 4 is 28.3 Å². The molecule has 0 unspecified atom stereocenters. The van der Waals surface area contributed by atoms with Gasteiger partial charge in [0.2, 0.25) is 0 Å². The number of aryl methyl sites for hydroxylation is 1. The van der Waals surface area contributed by atoms with Crippen LogP contribution in [0, 0.1) is 6.92 Å². The number of halogens is 2. The van der Waals surface area contributed by atoms with E-state index in [1.807, 2.05) is 19.2 Å². The van der Waals surface area contributed by atoms with Crippen molar-refractivity contribution in [1.29, 1.82) is 0 Å². The maximum absolute atomic E-state index is 3.92. The smallest absolute Gasteiger partial charge is 0.0308 e. The van der Waals surface area contributed by atoms with Gasteiger partial charge >= 0.3 is 0 Å². The van der Waals surface area contributed by atoms with E-state index in [1.54, 1.807) is 6.20 Å². The minimum Gasteiger partial charge on any atom is -0.264 e. The normalized spacial score (nSPS) is 8.22. The molecule has 1 rings (SSSR count). The molecular formula is C6H7BrClN. The topological polar surface area (TPSA) is 12.9 Å². The van der Waals surface area contributed by atoms with Crippen LogP contribution in [0.2, 0.25) is 0 Å². The van der Waals surface area contributed by atoms with Crippen molar-refractivity contribution in [3.8, 4) is 0 Å². The van der Waals surface area contributed by atoms with Gasteiger partial charge in [-0.1, -0.05) is 15.9 Å². The van der Waals surface area contributed by atoms with Gasteiger partial charge in [0.1, 0.15) is 0 Å². The molecule has 0 aliphatic rings. The molecule has 0 saturated heterocycles. The second-order valence-electron chi connectivity index (χ2n) is 1.62. The number of aromatic nitrogens is 1. The molecule has 0 atom stereocenters. The fourth-order valence-electron chi connectivity index (χ4n) is 0.456. The summed E-state index contributed by atoms with van der Waals surface area (Å²) in [7, 11) is 0.